The Bertz CT molecular complexity index is 2750. The molecule has 0 aromatic heterocycles. The number of fused-ring (bicyclic) bond motifs is 1. The van der Waals surface area contributed by atoms with Gasteiger partial charge in [-0.05, 0) is 120 Å². The van der Waals surface area contributed by atoms with Crippen molar-refractivity contribution in [2.24, 2.45) is 29.6 Å². The van der Waals surface area contributed by atoms with Crippen LogP contribution in [0.1, 0.15) is 96.3 Å². The zero-order valence-corrected chi connectivity index (χ0v) is 56.4. The number of aliphatic hydroxyl groups is 19. The minimum atomic E-state index is -2.06. The molecule has 10 aliphatic rings. The molecule has 19 N–H and O–H groups in total. The topological polar surface area (TPSA) is 556 Å². The Morgan fingerprint density at radius 1 is 0.363 bits per heavy atom. The number of hydrogen-bond donors (Lipinski definition) is 19. The quantitative estimate of drug-likeness (QED) is 0.0257. The Morgan fingerprint density at radius 3 is 1.33 bits per heavy atom. The summed E-state index contributed by atoms with van der Waals surface area (Å²) in [5.41, 5.74) is 0. The molecule has 10 fully saturated rings. The van der Waals surface area contributed by atoms with Gasteiger partial charge in [-0.1, -0.05) is 18.2 Å². The summed E-state index contributed by atoms with van der Waals surface area (Å²) in [6, 6.07) is 0. The van der Waals surface area contributed by atoms with Crippen molar-refractivity contribution in [3.63, 3.8) is 0 Å². The highest BCUT2D eigenvalue weighted by Crippen LogP contribution is 2.45. The van der Waals surface area contributed by atoms with Crippen LogP contribution in [0.5, 0.6) is 0 Å². The highest BCUT2D eigenvalue weighted by molar-refractivity contribution is 5.82. The highest BCUT2D eigenvalue weighted by Gasteiger charge is 2.56. The van der Waals surface area contributed by atoms with Gasteiger partial charge < -0.3 is 159 Å². The van der Waals surface area contributed by atoms with Crippen LogP contribution in [-0.4, -0.2) is 351 Å². The number of carbonyl (C=O) groups excluding carboxylic acids is 3. The maximum absolute atomic E-state index is 13.5. The van der Waals surface area contributed by atoms with Gasteiger partial charge in [0.2, 0.25) is 0 Å². The number of esters is 3. The third kappa shape index (κ3) is 19.8. The van der Waals surface area contributed by atoms with E-state index in [9.17, 15) is 111 Å². The maximum Gasteiger partial charge on any atom is 0.330 e. The summed E-state index contributed by atoms with van der Waals surface area (Å²) < 4.78 is 76.5. The second-order valence-corrected chi connectivity index (χ2v) is 29.0. The van der Waals surface area contributed by atoms with Crippen molar-refractivity contribution < 1.29 is 173 Å². The van der Waals surface area contributed by atoms with Crippen molar-refractivity contribution in [1.82, 2.24) is 0 Å². The third-order valence-electron chi connectivity index (χ3n) is 21.9. The molecule has 10 rings (SSSR count). The minimum absolute atomic E-state index is 0.00934. The summed E-state index contributed by atoms with van der Waals surface area (Å²) in [6.07, 6.45) is -35.8. The zero-order valence-electron chi connectivity index (χ0n) is 56.4. The van der Waals surface area contributed by atoms with Crippen LogP contribution in [-0.2, 0) is 76.0 Å². The second kappa shape index (κ2) is 36.6. The first kappa shape index (κ1) is 81.0. The highest BCUT2D eigenvalue weighted by atomic mass is 16.8. The van der Waals surface area contributed by atoms with Crippen LogP contribution in [0.2, 0.25) is 0 Å². The molecule has 102 heavy (non-hydrogen) atoms. The van der Waals surface area contributed by atoms with Crippen LogP contribution in [0.4, 0.5) is 0 Å². The van der Waals surface area contributed by atoms with E-state index >= 15 is 0 Å². The van der Waals surface area contributed by atoms with Crippen molar-refractivity contribution >= 4 is 17.9 Å². The number of methoxy groups -OCH3 is 1. The lowest BCUT2D eigenvalue weighted by atomic mass is 9.72. The molecule has 0 aromatic carbocycles. The lowest BCUT2D eigenvalue weighted by Crippen LogP contribution is -2.66. The number of carbonyl (C=O) groups is 3. The summed E-state index contributed by atoms with van der Waals surface area (Å²) in [7, 11) is 1.45. The normalized spacial score (nSPS) is 48.4. The molecule has 38 atom stereocenters. The molecule has 0 amide bonds. The molecule has 0 spiro atoms. The van der Waals surface area contributed by atoms with Gasteiger partial charge in [-0.3, -0.25) is 0 Å². The largest absolute Gasteiger partial charge is 0.460 e. The Kier molecular flexibility index (Phi) is 29.0. The molecule has 38 unspecified atom stereocenters. The Morgan fingerprint density at radius 2 is 0.804 bits per heavy atom. The van der Waals surface area contributed by atoms with E-state index in [-0.39, 0.29) is 82.0 Å². The van der Waals surface area contributed by atoms with E-state index in [0.29, 0.717) is 32.1 Å². The van der Waals surface area contributed by atoms with Crippen LogP contribution in [0.15, 0.2) is 36.5 Å². The van der Waals surface area contributed by atoms with E-state index in [1.165, 1.54) is 25.3 Å². The van der Waals surface area contributed by atoms with E-state index in [2.05, 4.69) is 0 Å². The molecule has 0 bridgehead atoms. The summed E-state index contributed by atoms with van der Waals surface area (Å²) in [4.78, 5) is 39.3. The number of hydrogen-bond acceptors (Lipinski definition) is 35. The average Bonchev–Trinajstić information content (AvgIpc) is 0.771. The molecule has 5 heterocycles. The summed E-state index contributed by atoms with van der Waals surface area (Å²) in [6.45, 7) is -2.75. The van der Waals surface area contributed by atoms with Crippen LogP contribution < -0.4 is 0 Å². The molecule has 5 saturated heterocycles. The molecular formula is C67H104O35. The Balaban J connectivity index is 0.742. The second-order valence-electron chi connectivity index (χ2n) is 29.0. The van der Waals surface area contributed by atoms with Crippen LogP contribution in [0, 0.1) is 29.6 Å². The van der Waals surface area contributed by atoms with Crippen molar-refractivity contribution in [1.29, 1.82) is 0 Å². The van der Waals surface area contributed by atoms with E-state index in [0.717, 1.165) is 18.2 Å². The standard InChI is InChI=1S/C67H104O35/c1-90-41-19-30(8-11-34(41)71)62-43(22-32-36(73)20-31(69)21-40(32)94-62)97-67-63(102-66-61(89)57(85)53(81)46(100-66)25-92-48(76)13-5-27-2-9-33(70)37(74)16-27)58(86)54(82)47(101-67)26-93-49(77)14-6-28-4-12-39(38(75)17-28)95-64-60(88)56(84)52(80)45(99-64)24-91-50(78)15-7-29-3-10-35(72)42(18-29)96-65-59(87)55(83)51(79)44(23-68)98-65/h5-7,13-15,27-47,51-75,79-89H,2-4,8-12,16-26H2,1H3. The Labute approximate surface area is 587 Å². The van der Waals surface area contributed by atoms with E-state index in [1.54, 1.807) is 0 Å². The SMILES string of the molecule is COC1CC(C2OC3CC(O)CC(O)C3CC2OC2OC(COC(=O)C=CC3CCC(OC4OC(COC(=O)C=CC5CCC(O)C(OC6OC(CO)C(O)C(O)C6O)C5)C(O)C(O)C4O)C(O)C3)C(O)C(O)C2OC2OC(COC(=O)C=CC3CCC(O)C(O)C3)C(O)C(O)C2O)CCC1O. The molecule has 582 valence electrons. The summed E-state index contributed by atoms with van der Waals surface area (Å²) in [5, 5.41) is 205. The van der Waals surface area contributed by atoms with Crippen LogP contribution in [0.3, 0.4) is 0 Å². The van der Waals surface area contributed by atoms with Gasteiger partial charge in [-0.2, -0.15) is 0 Å². The minimum Gasteiger partial charge on any atom is -0.460 e. The fourth-order valence-electron chi connectivity index (χ4n) is 15.7. The van der Waals surface area contributed by atoms with Crippen LogP contribution >= 0.6 is 0 Å². The number of ether oxygens (including phenoxy) is 13. The van der Waals surface area contributed by atoms with Crippen LogP contribution in [0.25, 0.3) is 0 Å². The number of rotatable bonds is 23. The summed E-state index contributed by atoms with van der Waals surface area (Å²) >= 11 is 0. The van der Waals surface area contributed by atoms with Gasteiger partial charge in [0, 0.05) is 31.3 Å². The third-order valence-corrected chi connectivity index (χ3v) is 21.9. The van der Waals surface area contributed by atoms with Gasteiger partial charge in [0.15, 0.2) is 25.2 Å². The molecule has 5 aliphatic heterocycles. The molecular weight excluding hydrogens is 1360 g/mol. The molecule has 0 radical (unpaired) electrons. The zero-order chi connectivity index (χ0) is 73.5. The Hall–Kier alpha value is -3.53. The molecule has 35 heteroatoms. The molecule has 35 nitrogen and oxygen atoms in total. The first-order chi connectivity index (χ1) is 48.6. The molecule has 5 saturated carbocycles. The van der Waals surface area contributed by atoms with Crippen molar-refractivity contribution in [2.75, 3.05) is 33.5 Å². The van der Waals surface area contributed by atoms with E-state index in [4.69, 9.17) is 61.6 Å². The predicted molar refractivity (Wildman–Crippen MR) is 336 cm³/mol. The number of allylic oxidation sites excluding steroid dienone is 3. The molecule has 0 aromatic rings. The van der Waals surface area contributed by atoms with Crippen molar-refractivity contribution in [2.45, 2.75) is 298 Å². The first-order valence-electron chi connectivity index (χ1n) is 35.4. The lowest BCUT2D eigenvalue weighted by Gasteiger charge is -2.52. The lowest BCUT2D eigenvalue weighted by molar-refractivity contribution is -0.379. The predicted octanol–water partition coefficient (Wildman–Crippen LogP) is -7.00. The average molecular weight is 1470 g/mol. The van der Waals surface area contributed by atoms with Gasteiger partial charge >= 0.3 is 17.9 Å². The van der Waals surface area contributed by atoms with Gasteiger partial charge in [-0.25, -0.2) is 14.4 Å². The van der Waals surface area contributed by atoms with E-state index < -0.39 is 258 Å². The van der Waals surface area contributed by atoms with Gasteiger partial charge in [-0.15, -0.1) is 0 Å². The smallest absolute Gasteiger partial charge is 0.330 e. The van der Waals surface area contributed by atoms with Gasteiger partial charge in [0.1, 0.15) is 117 Å². The van der Waals surface area contributed by atoms with E-state index in [1.807, 2.05) is 0 Å². The fourth-order valence-corrected chi connectivity index (χ4v) is 15.7. The van der Waals surface area contributed by atoms with Crippen molar-refractivity contribution in [3.05, 3.63) is 36.5 Å². The first-order valence-corrected chi connectivity index (χ1v) is 35.4. The molecule has 5 aliphatic carbocycles. The van der Waals surface area contributed by atoms with Gasteiger partial charge in [0.25, 0.3) is 0 Å². The van der Waals surface area contributed by atoms with Crippen molar-refractivity contribution in [3.8, 4) is 0 Å². The number of aliphatic hydroxyl groups excluding tert-OH is 19. The maximum atomic E-state index is 13.5. The van der Waals surface area contributed by atoms with Gasteiger partial charge in [0.05, 0.1) is 86.0 Å². The fraction of sp³-hybridized carbons (Fsp3) is 0.866. The summed E-state index contributed by atoms with van der Waals surface area (Å²) in [5.74, 6) is -4.82. The monoisotopic (exact) mass is 1470 g/mol.